The van der Waals surface area contributed by atoms with Crippen LogP contribution in [0.5, 0.6) is 11.5 Å². The Morgan fingerprint density at radius 3 is 2.77 bits per heavy atom. The first-order valence-corrected chi connectivity index (χ1v) is 9.58. The molecule has 6 heteroatoms. The third-order valence-corrected chi connectivity index (χ3v) is 4.22. The van der Waals surface area contributed by atoms with Crippen molar-refractivity contribution in [1.82, 2.24) is 4.98 Å². The molecule has 156 valence electrons. The molecule has 0 N–H and O–H groups in total. The topological polar surface area (TPSA) is 73.1 Å². The highest BCUT2D eigenvalue weighted by Crippen LogP contribution is 2.31. The fraction of sp³-hybridized carbons (Fsp3) is 0.250. The minimum absolute atomic E-state index is 0.0565. The molecule has 0 saturated heterocycles. The molecule has 0 bridgehead atoms. The van der Waals surface area contributed by atoms with Crippen molar-refractivity contribution in [2.24, 2.45) is 9.98 Å². The highest BCUT2D eigenvalue weighted by molar-refractivity contribution is 6.35. The maximum absolute atomic E-state index is 12.3. The molecule has 6 nitrogen and oxygen atoms in total. The van der Waals surface area contributed by atoms with Crippen LogP contribution in [0.1, 0.15) is 31.9 Å². The van der Waals surface area contributed by atoms with Gasteiger partial charge in [0.2, 0.25) is 0 Å². The molecule has 0 saturated carbocycles. The summed E-state index contributed by atoms with van der Waals surface area (Å²) in [4.78, 5) is 24.7. The van der Waals surface area contributed by atoms with Gasteiger partial charge in [-0.3, -0.25) is 19.8 Å². The fourth-order valence-electron chi connectivity index (χ4n) is 2.65. The number of aromatic nitrogens is 1. The molecule has 0 spiro atoms. The summed E-state index contributed by atoms with van der Waals surface area (Å²) >= 11 is 0. The molecular formula is C24H27N3O3. The van der Waals surface area contributed by atoms with Gasteiger partial charge in [-0.2, -0.15) is 0 Å². The van der Waals surface area contributed by atoms with Crippen molar-refractivity contribution in [1.29, 1.82) is 0 Å². The first kappa shape index (κ1) is 22.7. The van der Waals surface area contributed by atoms with Crippen molar-refractivity contribution >= 4 is 23.9 Å². The molecule has 2 aromatic rings. The third kappa shape index (κ3) is 6.81. The number of hydrogen-bond donors (Lipinski definition) is 0. The predicted molar refractivity (Wildman–Crippen MR) is 121 cm³/mol. The summed E-state index contributed by atoms with van der Waals surface area (Å²) in [7, 11) is 1.57. The van der Waals surface area contributed by atoms with Crippen LogP contribution in [0, 0.1) is 0 Å². The van der Waals surface area contributed by atoms with E-state index in [-0.39, 0.29) is 11.8 Å². The normalized spacial score (nSPS) is 12.9. The first-order chi connectivity index (χ1) is 14.4. The third-order valence-electron chi connectivity index (χ3n) is 4.22. The minimum Gasteiger partial charge on any atom is -0.493 e. The summed E-state index contributed by atoms with van der Waals surface area (Å²) in [5.41, 5.74) is 2.73. The maximum Gasteiger partial charge on any atom is 0.199 e. The molecule has 0 radical (unpaired) electrons. The lowest BCUT2D eigenvalue weighted by Crippen LogP contribution is -2.04. The van der Waals surface area contributed by atoms with Gasteiger partial charge in [-0.05, 0) is 56.8 Å². The number of hydrogen-bond acceptors (Lipinski definition) is 6. The van der Waals surface area contributed by atoms with Gasteiger partial charge in [0.25, 0.3) is 0 Å². The largest absolute Gasteiger partial charge is 0.493 e. The SMILES string of the molecule is C=C(N=CC(=O)/C(C)=C/C(C)N=CC)c1ccc(OCc2cccnc2)c(OC)c1. The molecule has 1 atom stereocenters. The zero-order valence-corrected chi connectivity index (χ0v) is 17.8. The van der Waals surface area contributed by atoms with E-state index in [2.05, 4.69) is 21.5 Å². The zero-order valence-electron chi connectivity index (χ0n) is 17.8. The highest BCUT2D eigenvalue weighted by atomic mass is 16.5. The number of carbonyl (C=O) groups is 1. The second-order valence-electron chi connectivity index (χ2n) is 6.58. The first-order valence-electron chi connectivity index (χ1n) is 9.58. The quantitative estimate of drug-likeness (QED) is 0.424. The van der Waals surface area contributed by atoms with Crippen LogP contribution in [0.2, 0.25) is 0 Å². The van der Waals surface area contributed by atoms with Gasteiger partial charge in [0, 0.05) is 23.5 Å². The molecule has 1 aromatic carbocycles. The number of pyridine rings is 1. The van der Waals surface area contributed by atoms with Crippen LogP contribution < -0.4 is 9.47 Å². The number of methoxy groups -OCH3 is 1. The van der Waals surface area contributed by atoms with Crippen LogP contribution in [0.25, 0.3) is 5.70 Å². The standard InChI is InChI=1S/C24H27N3O3/c1-6-26-18(3)12-17(2)22(28)15-27-19(4)21-9-10-23(24(13-21)29-5)30-16-20-8-7-11-25-14-20/h6-15,18H,4,16H2,1-3,5H3/b17-12+,26-6?,27-15?. The molecule has 1 unspecified atom stereocenters. The van der Waals surface area contributed by atoms with Crippen molar-refractivity contribution < 1.29 is 14.3 Å². The lowest BCUT2D eigenvalue weighted by atomic mass is 10.1. The van der Waals surface area contributed by atoms with E-state index in [0.717, 1.165) is 11.1 Å². The van der Waals surface area contributed by atoms with E-state index in [4.69, 9.17) is 9.47 Å². The Labute approximate surface area is 177 Å². The van der Waals surface area contributed by atoms with E-state index >= 15 is 0 Å². The van der Waals surface area contributed by atoms with Crippen molar-refractivity contribution in [2.45, 2.75) is 33.4 Å². The Morgan fingerprint density at radius 2 is 2.10 bits per heavy atom. The average Bonchev–Trinajstić information content (AvgIpc) is 2.76. The smallest absolute Gasteiger partial charge is 0.199 e. The summed E-state index contributed by atoms with van der Waals surface area (Å²) in [6, 6.07) is 9.14. The maximum atomic E-state index is 12.3. The number of benzene rings is 1. The Hall–Kier alpha value is -3.54. The zero-order chi connectivity index (χ0) is 21.9. The van der Waals surface area contributed by atoms with E-state index in [1.165, 1.54) is 6.21 Å². The highest BCUT2D eigenvalue weighted by Gasteiger charge is 2.09. The number of ketones is 1. The van der Waals surface area contributed by atoms with Gasteiger partial charge in [-0.1, -0.05) is 18.7 Å². The number of nitrogens with zero attached hydrogens (tertiary/aromatic N) is 3. The molecular weight excluding hydrogens is 378 g/mol. The molecule has 0 aliphatic carbocycles. The number of carbonyl (C=O) groups excluding carboxylic acids is 1. The van der Waals surface area contributed by atoms with Gasteiger partial charge >= 0.3 is 0 Å². The van der Waals surface area contributed by atoms with Gasteiger partial charge in [-0.15, -0.1) is 0 Å². The Balaban J connectivity index is 2.06. The van der Waals surface area contributed by atoms with Crippen LogP contribution in [0.15, 0.2) is 70.9 Å². The summed E-state index contributed by atoms with van der Waals surface area (Å²) in [6.45, 7) is 9.83. The second kappa shape index (κ2) is 11.5. The number of rotatable bonds is 10. The number of allylic oxidation sites excluding steroid dienone is 1. The predicted octanol–water partition coefficient (Wildman–Crippen LogP) is 4.71. The monoisotopic (exact) mass is 405 g/mol. The summed E-state index contributed by atoms with van der Waals surface area (Å²) in [6.07, 6.45) is 8.25. The van der Waals surface area contributed by atoms with Crippen LogP contribution >= 0.6 is 0 Å². The molecule has 0 aliphatic rings. The molecule has 30 heavy (non-hydrogen) atoms. The van der Waals surface area contributed by atoms with Gasteiger partial charge in [0.05, 0.1) is 25.1 Å². The van der Waals surface area contributed by atoms with Crippen molar-refractivity contribution in [2.75, 3.05) is 7.11 Å². The number of Topliss-reactive ketones (excluding diaryl/α,β-unsaturated/α-hetero) is 1. The van der Waals surface area contributed by atoms with Gasteiger partial charge < -0.3 is 9.47 Å². The van der Waals surface area contributed by atoms with E-state index in [9.17, 15) is 4.79 Å². The van der Waals surface area contributed by atoms with Gasteiger partial charge in [-0.25, -0.2) is 0 Å². The Kier molecular flexibility index (Phi) is 8.69. The number of ether oxygens (including phenoxy) is 2. The second-order valence-corrected chi connectivity index (χ2v) is 6.58. The van der Waals surface area contributed by atoms with Crippen LogP contribution in [0.4, 0.5) is 0 Å². The van der Waals surface area contributed by atoms with Crippen molar-refractivity contribution in [3.8, 4) is 11.5 Å². The van der Waals surface area contributed by atoms with Crippen LogP contribution in [-0.2, 0) is 11.4 Å². The van der Waals surface area contributed by atoms with Crippen LogP contribution in [-0.4, -0.2) is 36.3 Å². The summed E-state index contributed by atoms with van der Waals surface area (Å²) in [5.74, 6) is 0.973. The average molecular weight is 405 g/mol. The lowest BCUT2D eigenvalue weighted by Gasteiger charge is -2.12. The summed E-state index contributed by atoms with van der Waals surface area (Å²) < 4.78 is 11.3. The molecule has 2 rings (SSSR count). The molecule has 0 aliphatic heterocycles. The lowest BCUT2D eigenvalue weighted by molar-refractivity contribution is -0.109. The van der Waals surface area contributed by atoms with E-state index < -0.39 is 0 Å². The molecule has 1 aromatic heterocycles. The van der Waals surface area contributed by atoms with Crippen molar-refractivity contribution in [3.05, 3.63) is 72.1 Å². The summed E-state index contributed by atoms with van der Waals surface area (Å²) in [5, 5.41) is 0. The van der Waals surface area contributed by atoms with Crippen LogP contribution in [0.3, 0.4) is 0 Å². The van der Waals surface area contributed by atoms with E-state index in [0.29, 0.717) is 29.4 Å². The number of aliphatic imine (C=N–C) groups is 2. The molecule has 0 amide bonds. The fourth-order valence-corrected chi connectivity index (χ4v) is 2.65. The molecule has 0 fully saturated rings. The minimum atomic E-state index is -0.183. The van der Waals surface area contributed by atoms with E-state index in [1.807, 2.05) is 32.0 Å². The van der Waals surface area contributed by atoms with Gasteiger partial charge in [0.15, 0.2) is 17.3 Å². The Bertz CT molecular complexity index is 963. The van der Waals surface area contributed by atoms with Gasteiger partial charge in [0.1, 0.15) is 6.61 Å². The van der Waals surface area contributed by atoms with E-state index in [1.54, 1.807) is 50.9 Å². The Morgan fingerprint density at radius 1 is 1.30 bits per heavy atom. The molecule has 1 heterocycles. The van der Waals surface area contributed by atoms with Crippen molar-refractivity contribution in [3.63, 3.8) is 0 Å².